The highest BCUT2D eigenvalue weighted by Gasteiger charge is 2.21. The molecule has 0 aromatic heterocycles. The number of nitro benzene ring substituents is 1. The van der Waals surface area contributed by atoms with Crippen molar-refractivity contribution in [1.29, 1.82) is 5.26 Å². The molecule has 1 aliphatic rings. The van der Waals surface area contributed by atoms with Gasteiger partial charge in [-0.3, -0.25) is 15.0 Å². The van der Waals surface area contributed by atoms with Crippen LogP contribution in [0.3, 0.4) is 0 Å². The van der Waals surface area contributed by atoms with Crippen LogP contribution in [0.15, 0.2) is 42.5 Å². The highest BCUT2D eigenvalue weighted by molar-refractivity contribution is 5.63. The quantitative estimate of drug-likeness (QED) is 0.633. The first-order chi connectivity index (χ1) is 12.1. The highest BCUT2D eigenvalue weighted by Crippen LogP contribution is 2.26. The molecule has 6 heteroatoms. The Hall–Kier alpha value is -2.91. The Morgan fingerprint density at radius 1 is 1.16 bits per heavy atom. The monoisotopic (exact) mass is 336 g/mol. The van der Waals surface area contributed by atoms with Gasteiger partial charge in [-0.2, -0.15) is 5.26 Å². The summed E-state index contributed by atoms with van der Waals surface area (Å²) in [6.07, 6.45) is 0. The smallest absolute Gasteiger partial charge is 0.270 e. The molecule has 0 saturated carbocycles. The Kier molecular flexibility index (Phi) is 4.96. The summed E-state index contributed by atoms with van der Waals surface area (Å²) in [5, 5.41) is 20.2. The summed E-state index contributed by atoms with van der Waals surface area (Å²) in [7, 11) is 0. The average Bonchev–Trinajstić information content (AvgIpc) is 2.62. The van der Waals surface area contributed by atoms with Crippen molar-refractivity contribution < 1.29 is 4.92 Å². The number of nitro groups is 1. The first-order valence-electron chi connectivity index (χ1n) is 8.28. The Labute approximate surface area is 147 Å². The predicted octanol–water partition coefficient (Wildman–Crippen LogP) is 3.10. The molecule has 2 aromatic carbocycles. The van der Waals surface area contributed by atoms with E-state index in [9.17, 15) is 15.4 Å². The lowest BCUT2D eigenvalue weighted by Gasteiger charge is -2.36. The van der Waals surface area contributed by atoms with Gasteiger partial charge in [0, 0.05) is 44.9 Å². The van der Waals surface area contributed by atoms with Crippen LogP contribution < -0.4 is 4.90 Å². The standard InChI is InChI=1S/C19H20N4O2/c1-15-3-2-4-16(11-15)14-21-7-9-22(10-8-21)19-6-5-18(23(24)25)12-17(19)13-20/h2-6,11-12H,7-10,14H2,1H3. The van der Waals surface area contributed by atoms with Crippen molar-refractivity contribution >= 4 is 11.4 Å². The number of piperazine rings is 1. The van der Waals surface area contributed by atoms with E-state index in [4.69, 9.17) is 0 Å². The topological polar surface area (TPSA) is 73.4 Å². The first-order valence-corrected chi connectivity index (χ1v) is 8.28. The number of hydrogen-bond acceptors (Lipinski definition) is 5. The van der Waals surface area contributed by atoms with E-state index in [-0.39, 0.29) is 5.69 Å². The van der Waals surface area contributed by atoms with E-state index >= 15 is 0 Å². The highest BCUT2D eigenvalue weighted by atomic mass is 16.6. The van der Waals surface area contributed by atoms with Gasteiger partial charge < -0.3 is 4.90 Å². The molecular formula is C19H20N4O2. The van der Waals surface area contributed by atoms with Gasteiger partial charge in [0.1, 0.15) is 6.07 Å². The number of hydrogen-bond donors (Lipinski definition) is 0. The molecule has 0 aliphatic carbocycles. The van der Waals surface area contributed by atoms with Crippen molar-refractivity contribution in [3.8, 4) is 6.07 Å². The maximum atomic E-state index is 10.9. The summed E-state index contributed by atoms with van der Waals surface area (Å²) in [6, 6.07) is 15.1. The van der Waals surface area contributed by atoms with E-state index < -0.39 is 4.92 Å². The molecule has 6 nitrogen and oxygen atoms in total. The van der Waals surface area contributed by atoms with Gasteiger partial charge in [0.15, 0.2) is 0 Å². The summed E-state index contributed by atoms with van der Waals surface area (Å²) in [4.78, 5) is 14.9. The maximum Gasteiger partial charge on any atom is 0.270 e. The van der Waals surface area contributed by atoms with Crippen LogP contribution in [0.5, 0.6) is 0 Å². The molecule has 0 atom stereocenters. The molecule has 0 amide bonds. The van der Waals surface area contributed by atoms with E-state index in [0.717, 1.165) is 38.4 Å². The minimum Gasteiger partial charge on any atom is -0.368 e. The molecule has 1 saturated heterocycles. The van der Waals surface area contributed by atoms with Crippen LogP contribution in [-0.4, -0.2) is 36.0 Å². The van der Waals surface area contributed by atoms with Crippen molar-refractivity contribution in [3.63, 3.8) is 0 Å². The minimum atomic E-state index is -0.468. The number of nitriles is 1. The fourth-order valence-electron chi connectivity index (χ4n) is 3.22. The maximum absolute atomic E-state index is 10.9. The molecule has 0 N–H and O–H groups in total. The van der Waals surface area contributed by atoms with Gasteiger partial charge >= 0.3 is 0 Å². The number of rotatable bonds is 4. The number of anilines is 1. The molecule has 25 heavy (non-hydrogen) atoms. The Balaban J connectivity index is 1.66. The third-order valence-electron chi connectivity index (χ3n) is 4.51. The van der Waals surface area contributed by atoms with Gasteiger partial charge in [-0.1, -0.05) is 29.8 Å². The van der Waals surface area contributed by atoms with E-state index in [0.29, 0.717) is 5.56 Å². The Morgan fingerprint density at radius 2 is 1.92 bits per heavy atom. The third-order valence-corrected chi connectivity index (χ3v) is 4.51. The zero-order valence-electron chi connectivity index (χ0n) is 14.2. The minimum absolute atomic E-state index is 0.0432. The zero-order valence-corrected chi connectivity index (χ0v) is 14.2. The molecule has 1 aliphatic heterocycles. The van der Waals surface area contributed by atoms with E-state index in [1.807, 2.05) is 0 Å². The van der Waals surface area contributed by atoms with Crippen LogP contribution in [0, 0.1) is 28.4 Å². The second kappa shape index (κ2) is 7.32. The van der Waals surface area contributed by atoms with Gasteiger partial charge in [-0.25, -0.2) is 0 Å². The second-order valence-electron chi connectivity index (χ2n) is 6.32. The summed E-state index contributed by atoms with van der Waals surface area (Å²) in [6.45, 7) is 6.42. The number of aryl methyl sites for hydroxylation is 1. The molecule has 128 valence electrons. The molecule has 1 fully saturated rings. The molecular weight excluding hydrogens is 316 g/mol. The van der Waals surface area contributed by atoms with Gasteiger partial charge in [0.25, 0.3) is 5.69 Å². The lowest BCUT2D eigenvalue weighted by Crippen LogP contribution is -2.46. The van der Waals surface area contributed by atoms with E-state index in [2.05, 4.69) is 47.1 Å². The van der Waals surface area contributed by atoms with Crippen molar-refractivity contribution in [1.82, 2.24) is 4.90 Å². The number of nitrogens with zero attached hydrogens (tertiary/aromatic N) is 4. The molecule has 0 radical (unpaired) electrons. The second-order valence-corrected chi connectivity index (χ2v) is 6.32. The fourth-order valence-corrected chi connectivity index (χ4v) is 3.22. The average molecular weight is 336 g/mol. The van der Waals surface area contributed by atoms with Crippen LogP contribution in [-0.2, 0) is 6.54 Å². The van der Waals surface area contributed by atoms with Crippen LogP contribution in [0.25, 0.3) is 0 Å². The van der Waals surface area contributed by atoms with Crippen molar-refractivity contribution in [2.45, 2.75) is 13.5 Å². The lowest BCUT2D eigenvalue weighted by atomic mass is 10.1. The van der Waals surface area contributed by atoms with Gasteiger partial charge in [-0.05, 0) is 18.6 Å². The zero-order chi connectivity index (χ0) is 17.8. The van der Waals surface area contributed by atoms with Gasteiger partial charge in [0.2, 0.25) is 0 Å². The molecule has 1 heterocycles. The molecule has 0 spiro atoms. The van der Waals surface area contributed by atoms with Gasteiger partial charge in [-0.15, -0.1) is 0 Å². The summed E-state index contributed by atoms with van der Waals surface area (Å²) in [5.74, 6) is 0. The molecule has 3 rings (SSSR count). The first kappa shape index (κ1) is 16.9. The molecule has 0 unspecified atom stereocenters. The van der Waals surface area contributed by atoms with Crippen molar-refractivity contribution in [2.24, 2.45) is 0 Å². The Bertz CT molecular complexity index is 820. The summed E-state index contributed by atoms with van der Waals surface area (Å²) < 4.78 is 0. The molecule has 2 aromatic rings. The van der Waals surface area contributed by atoms with Crippen LogP contribution in [0.1, 0.15) is 16.7 Å². The largest absolute Gasteiger partial charge is 0.368 e. The predicted molar refractivity (Wildman–Crippen MR) is 96.5 cm³/mol. The summed E-state index contributed by atoms with van der Waals surface area (Å²) >= 11 is 0. The van der Waals surface area contributed by atoms with Crippen molar-refractivity contribution in [3.05, 3.63) is 69.3 Å². The molecule has 0 bridgehead atoms. The third kappa shape index (κ3) is 3.95. The summed E-state index contributed by atoms with van der Waals surface area (Å²) in [5.41, 5.74) is 3.67. The number of benzene rings is 2. The number of non-ortho nitro benzene ring substituents is 1. The lowest BCUT2D eigenvalue weighted by molar-refractivity contribution is -0.384. The van der Waals surface area contributed by atoms with Crippen LogP contribution >= 0.6 is 0 Å². The van der Waals surface area contributed by atoms with Crippen molar-refractivity contribution in [2.75, 3.05) is 31.1 Å². The Morgan fingerprint density at radius 3 is 2.56 bits per heavy atom. The van der Waals surface area contributed by atoms with E-state index in [1.165, 1.54) is 23.3 Å². The van der Waals surface area contributed by atoms with Gasteiger partial charge in [0.05, 0.1) is 16.2 Å². The fraction of sp³-hybridized carbons (Fsp3) is 0.316. The van der Waals surface area contributed by atoms with Crippen LogP contribution in [0.4, 0.5) is 11.4 Å². The van der Waals surface area contributed by atoms with E-state index in [1.54, 1.807) is 6.07 Å². The SMILES string of the molecule is Cc1cccc(CN2CCN(c3ccc([N+](=O)[O-])cc3C#N)CC2)c1. The normalized spacial score (nSPS) is 15.0. The van der Waals surface area contributed by atoms with Crippen LogP contribution in [0.2, 0.25) is 0 Å².